The number of thiocarbonyl (C=S) groups is 1. The predicted molar refractivity (Wildman–Crippen MR) is 271 cm³/mol. The number of hydrogen-bond acceptors (Lipinski definition) is 16. The Kier molecular flexibility index (Phi) is 31.8. The minimum absolute atomic E-state index is 0. The van der Waals surface area contributed by atoms with E-state index in [1.807, 2.05) is 11.2 Å². The Hall–Kier alpha value is -4.22. The molecule has 0 unspecified atom stereocenters. The molecule has 19 nitrogen and oxygen atoms in total. The summed E-state index contributed by atoms with van der Waals surface area (Å²) in [4.78, 5) is 123. The van der Waals surface area contributed by atoms with Crippen LogP contribution in [0.2, 0.25) is 0 Å². The van der Waals surface area contributed by atoms with Crippen molar-refractivity contribution in [2.45, 2.75) is 70.6 Å². The number of Topliss-reactive ketones (excluding diaryl/α,β-unsaturated/α-hetero) is 4. The summed E-state index contributed by atoms with van der Waals surface area (Å²) in [7, 11) is 0. The van der Waals surface area contributed by atoms with Crippen LogP contribution in [0.15, 0.2) is 53.5 Å². The van der Waals surface area contributed by atoms with Gasteiger partial charge in [0.25, 0.3) is 0 Å². The van der Waals surface area contributed by atoms with Crippen molar-refractivity contribution in [2.24, 2.45) is 16.8 Å². The van der Waals surface area contributed by atoms with Crippen molar-refractivity contribution in [1.82, 2.24) is 24.9 Å². The van der Waals surface area contributed by atoms with Crippen LogP contribution in [0.3, 0.4) is 0 Å². The fourth-order valence-corrected chi connectivity index (χ4v) is 8.79. The molecule has 2 aromatic carbocycles. The van der Waals surface area contributed by atoms with Gasteiger partial charge in [0.15, 0.2) is 11.6 Å². The zero-order valence-electron chi connectivity index (χ0n) is 40.8. The number of isothiocyanates is 1. The van der Waals surface area contributed by atoms with Crippen LogP contribution in [0.4, 0.5) is 5.69 Å². The largest absolute Gasteiger partial charge is 0.481 e. The Labute approximate surface area is 462 Å². The first-order valence-corrected chi connectivity index (χ1v) is 25.6. The van der Waals surface area contributed by atoms with Crippen LogP contribution in [-0.2, 0) is 51.2 Å². The van der Waals surface area contributed by atoms with Gasteiger partial charge in [0, 0.05) is 136 Å². The number of carboxylic acid groups (broad SMARTS) is 4. The minimum Gasteiger partial charge on any atom is -0.481 e. The van der Waals surface area contributed by atoms with E-state index in [1.165, 1.54) is 11.8 Å². The normalized spacial score (nSPS) is 15.0. The molecule has 0 spiro atoms. The van der Waals surface area contributed by atoms with E-state index in [9.17, 15) is 63.6 Å². The Bertz CT molecular complexity index is 2150. The zero-order chi connectivity index (χ0) is 52.1. The summed E-state index contributed by atoms with van der Waals surface area (Å²) in [5.74, 6) is -6.69. The van der Waals surface area contributed by atoms with E-state index in [0.717, 1.165) is 11.1 Å². The third-order valence-electron chi connectivity index (χ3n) is 12.1. The molecule has 2 aromatic rings. The summed E-state index contributed by atoms with van der Waals surface area (Å²) >= 11 is 6.10. The maximum atomic E-state index is 13.6. The van der Waals surface area contributed by atoms with Gasteiger partial charge in [0.1, 0.15) is 11.6 Å². The van der Waals surface area contributed by atoms with E-state index in [1.54, 1.807) is 63.2 Å². The third-order valence-corrected chi connectivity index (χ3v) is 12.9. The van der Waals surface area contributed by atoms with Gasteiger partial charge < -0.3 is 25.7 Å². The first-order valence-electron chi connectivity index (χ1n) is 23.8. The number of carbonyl (C=O) groups excluding carboxylic acids is 5. The van der Waals surface area contributed by atoms with Crippen LogP contribution in [0, 0.1) is 51.8 Å². The summed E-state index contributed by atoms with van der Waals surface area (Å²) in [5.41, 5.74) is 2.58. The van der Waals surface area contributed by atoms with Crippen molar-refractivity contribution in [3.05, 3.63) is 65.2 Å². The molecule has 1 fully saturated rings. The molecule has 0 aliphatic carbocycles. The van der Waals surface area contributed by atoms with Crippen molar-refractivity contribution in [3.63, 3.8) is 0 Å². The summed E-state index contributed by atoms with van der Waals surface area (Å²) in [6.45, 7) is 1.00. The maximum absolute atomic E-state index is 13.6. The van der Waals surface area contributed by atoms with Gasteiger partial charge in [0.05, 0.1) is 49.5 Å². The van der Waals surface area contributed by atoms with Gasteiger partial charge in [0.2, 0.25) is 5.91 Å². The van der Waals surface area contributed by atoms with Gasteiger partial charge in [-0.1, -0.05) is 43.2 Å². The number of hydrogen-bond donors (Lipinski definition) is 5. The standard InChI is InChI=1S/C50H68N6O13S2.Gd/c1-71-25-16-39(49(67)51-30-44(59)28-40(50(68)69)7-3-2-4-9-42(57)27-37-10-13-41(14-11-37)52-35-70)29-45(60)38-8-5-6-36(26-38)12-15-43(58)31-53-17-19-54(32-46(61)62)21-23-56(34-48(65)66)24-22-55(20-18-53)33-47(63)64;/h5-6,8,10-11,13-14,26,39-40H,2-4,7,9,12,15-25,27-34H2,1H3,(H,51,67)(H,61,62)(H,63,64)(H,65,66)(H,68,69);/t39-,40-;/m1./s1. The average molecular weight is 1180 g/mol. The van der Waals surface area contributed by atoms with Crippen LogP contribution in [0.1, 0.15) is 79.3 Å². The molecule has 2 atom stereocenters. The number of nitrogens with one attached hydrogen (secondary N) is 1. The number of carboxylic acids is 4. The molecule has 22 heteroatoms. The van der Waals surface area contributed by atoms with Crippen molar-refractivity contribution in [2.75, 3.05) is 97.1 Å². The molecule has 1 aliphatic heterocycles. The molecule has 0 radical (unpaired) electrons. The van der Waals surface area contributed by atoms with Gasteiger partial charge in [-0.05, 0) is 79.2 Å². The number of aliphatic carboxylic acids is 4. The van der Waals surface area contributed by atoms with Gasteiger partial charge in [-0.25, -0.2) is 0 Å². The number of unbranched alkanes of at least 4 members (excludes halogenated alkanes) is 2. The van der Waals surface area contributed by atoms with Crippen molar-refractivity contribution < 1.29 is 104 Å². The first kappa shape index (κ1) is 63.9. The SMILES string of the molecule is CSCC[C@H](CC(=O)c1cccc(CCC(=O)CN2CCN(CC(=O)O)CCN(CC(=O)O)CCN(CC(=O)O)CC2)c1)C(=O)NCC(=O)C[C@@H](CCCCCC(=O)Cc1ccc(N=C=S)cc1)C(=O)O.[Gd]. The van der Waals surface area contributed by atoms with Crippen molar-refractivity contribution >= 4 is 87.7 Å². The molecule has 3 rings (SSSR count). The van der Waals surface area contributed by atoms with Gasteiger partial charge in [-0.2, -0.15) is 16.8 Å². The second-order valence-electron chi connectivity index (χ2n) is 17.8. The fourth-order valence-electron chi connectivity index (χ4n) is 8.16. The molecule has 1 amide bonds. The Morgan fingerprint density at radius 2 is 1.21 bits per heavy atom. The monoisotopic (exact) mass is 1180 g/mol. The van der Waals surface area contributed by atoms with E-state index in [-0.39, 0.29) is 161 Å². The van der Waals surface area contributed by atoms with Crippen LogP contribution < -0.4 is 5.32 Å². The average Bonchev–Trinajstić information content (AvgIpc) is 3.31. The van der Waals surface area contributed by atoms with E-state index in [0.29, 0.717) is 68.6 Å². The quantitative estimate of drug-likeness (QED) is 0.0301. The molecule has 396 valence electrons. The number of aryl methyl sites for hydroxylation is 1. The van der Waals surface area contributed by atoms with Gasteiger partial charge in [-0.3, -0.25) is 62.8 Å². The second kappa shape index (κ2) is 35.9. The molecule has 0 saturated carbocycles. The Balaban J connectivity index is 0.0000178. The maximum Gasteiger partial charge on any atom is 0.317 e. The van der Waals surface area contributed by atoms with Gasteiger partial charge >= 0.3 is 23.9 Å². The van der Waals surface area contributed by atoms with E-state index >= 15 is 0 Å². The topological polar surface area (TPSA) is 272 Å². The molecule has 1 heterocycles. The van der Waals surface area contributed by atoms with Crippen LogP contribution in [0.5, 0.6) is 0 Å². The summed E-state index contributed by atoms with van der Waals surface area (Å²) in [6, 6.07) is 13.9. The van der Waals surface area contributed by atoms with Crippen LogP contribution in [-0.4, -0.2) is 195 Å². The summed E-state index contributed by atoms with van der Waals surface area (Å²) in [5, 5.41) is 43.2. The Morgan fingerprint density at radius 3 is 1.72 bits per heavy atom. The fraction of sp³-hybridized carbons (Fsp3) is 0.560. The molecule has 1 saturated heterocycles. The molecule has 1 aliphatic rings. The number of ketones is 4. The number of amides is 1. The second-order valence-corrected chi connectivity index (χ2v) is 19.0. The summed E-state index contributed by atoms with van der Waals surface area (Å²) in [6.07, 6.45) is 4.82. The van der Waals surface area contributed by atoms with Crippen molar-refractivity contribution in [1.29, 1.82) is 0 Å². The number of nitrogens with zero attached hydrogens (tertiary/aromatic N) is 5. The van der Waals surface area contributed by atoms with Crippen LogP contribution in [0.25, 0.3) is 0 Å². The van der Waals surface area contributed by atoms with E-state index in [2.05, 4.69) is 27.7 Å². The predicted octanol–water partition coefficient (Wildman–Crippen LogP) is 3.88. The smallest absolute Gasteiger partial charge is 0.317 e. The zero-order valence-corrected chi connectivity index (χ0v) is 44.7. The molecular weight excluding hydrogens is 1110 g/mol. The number of aliphatic imine (C=N–C) groups is 1. The minimum atomic E-state index is -1.12. The number of rotatable bonds is 32. The summed E-state index contributed by atoms with van der Waals surface area (Å²) < 4.78 is 0. The number of carbonyl (C=O) groups is 9. The molecular formula is C50H68GdN6O13S2. The van der Waals surface area contributed by atoms with E-state index in [4.69, 9.17) is 0 Å². The Morgan fingerprint density at radius 1 is 0.653 bits per heavy atom. The molecule has 72 heavy (non-hydrogen) atoms. The molecule has 5 N–H and O–H groups in total. The first-order chi connectivity index (χ1) is 33.9. The molecule has 0 bridgehead atoms. The van der Waals surface area contributed by atoms with Crippen molar-refractivity contribution in [3.8, 4) is 0 Å². The third kappa shape index (κ3) is 27.2. The van der Waals surface area contributed by atoms with E-state index < -0.39 is 47.4 Å². The number of thioether (sulfide) groups is 1. The van der Waals surface area contributed by atoms with Crippen LogP contribution >= 0.6 is 24.0 Å². The van der Waals surface area contributed by atoms with Gasteiger partial charge in [-0.15, -0.1) is 0 Å². The number of benzene rings is 2. The molecule has 0 aromatic heterocycles.